The van der Waals surface area contributed by atoms with Gasteiger partial charge in [-0.1, -0.05) is 30.3 Å². The second-order valence-electron chi connectivity index (χ2n) is 7.79. The number of alkyl halides is 3. The first kappa shape index (κ1) is 22.9. The number of pyridine rings is 1. The van der Waals surface area contributed by atoms with Crippen LogP contribution in [0.15, 0.2) is 67.1 Å². The van der Waals surface area contributed by atoms with Crippen LogP contribution in [0.25, 0.3) is 5.52 Å². The number of rotatable bonds is 7. The van der Waals surface area contributed by atoms with Crippen LogP contribution in [0.1, 0.15) is 30.2 Å². The van der Waals surface area contributed by atoms with E-state index in [1.165, 1.54) is 32.2 Å². The average molecular weight is 462 g/mol. The minimum Gasteiger partial charge on any atom is -0.381 e. The molecule has 10 heteroatoms. The predicted molar refractivity (Wildman–Crippen MR) is 112 cm³/mol. The lowest BCUT2D eigenvalue weighted by molar-refractivity contribution is -0.269. The van der Waals surface area contributed by atoms with Crippen molar-refractivity contribution in [3.63, 3.8) is 0 Å². The number of halogens is 4. The highest BCUT2D eigenvalue weighted by Gasteiger charge is 2.56. The molecule has 0 saturated carbocycles. The topological polar surface area (TPSA) is 64.6 Å². The number of fused-ring (bicyclic) bond motifs is 1. The minimum absolute atomic E-state index is 0.131. The Morgan fingerprint density at radius 2 is 1.82 bits per heavy atom. The van der Waals surface area contributed by atoms with Crippen molar-refractivity contribution in [2.45, 2.75) is 30.7 Å². The second kappa shape index (κ2) is 8.27. The minimum atomic E-state index is -4.98. The van der Waals surface area contributed by atoms with Gasteiger partial charge in [-0.15, -0.1) is 5.10 Å². The van der Waals surface area contributed by atoms with Gasteiger partial charge < -0.3 is 14.2 Å². The molecule has 3 heterocycles. The molecule has 2 unspecified atom stereocenters. The highest BCUT2D eigenvalue weighted by Crippen LogP contribution is 2.42. The molecular weight excluding hydrogens is 440 g/mol. The highest BCUT2D eigenvalue weighted by atomic mass is 19.4. The smallest absolute Gasteiger partial charge is 0.381 e. The van der Waals surface area contributed by atoms with Gasteiger partial charge in [0, 0.05) is 30.6 Å². The Labute approximate surface area is 187 Å². The van der Waals surface area contributed by atoms with E-state index in [0.29, 0.717) is 5.56 Å². The van der Waals surface area contributed by atoms with E-state index in [9.17, 15) is 18.3 Å². The molecular formula is C23H22F4N4O2. The Kier molecular flexibility index (Phi) is 5.75. The summed E-state index contributed by atoms with van der Waals surface area (Å²) in [5.41, 5.74) is -3.96. The molecule has 0 spiro atoms. The Bertz CT molecular complexity index is 1270. The van der Waals surface area contributed by atoms with Crippen LogP contribution >= 0.6 is 0 Å². The van der Waals surface area contributed by atoms with Gasteiger partial charge in [0.1, 0.15) is 17.1 Å². The lowest BCUT2D eigenvalue weighted by atomic mass is 9.83. The Morgan fingerprint density at radius 3 is 2.48 bits per heavy atom. The molecule has 0 aliphatic rings. The van der Waals surface area contributed by atoms with Crippen LogP contribution in [0.3, 0.4) is 0 Å². The van der Waals surface area contributed by atoms with Crippen LogP contribution in [0.4, 0.5) is 17.6 Å². The number of methoxy groups -OCH3 is 1. The van der Waals surface area contributed by atoms with Crippen LogP contribution in [0.5, 0.6) is 0 Å². The van der Waals surface area contributed by atoms with Gasteiger partial charge in [-0.3, -0.25) is 0 Å². The zero-order chi connectivity index (χ0) is 23.9. The van der Waals surface area contributed by atoms with Gasteiger partial charge in [-0.25, -0.2) is 9.07 Å². The summed E-state index contributed by atoms with van der Waals surface area (Å²) >= 11 is 0. The van der Waals surface area contributed by atoms with Crippen LogP contribution in [0.2, 0.25) is 0 Å². The largest absolute Gasteiger partial charge is 0.423 e. The van der Waals surface area contributed by atoms with E-state index in [0.717, 1.165) is 16.4 Å². The fourth-order valence-corrected chi connectivity index (χ4v) is 4.10. The van der Waals surface area contributed by atoms with Crippen LogP contribution in [-0.2, 0) is 15.9 Å². The van der Waals surface area contributed by atoms with E-state index in [-0.39, 0.29) is 12.2 Å². The molecule has 0 amide bonds. The Hall–Kier alpha value is -3.24. The number of benzene rings is 1. The summed E-state index contributed by atoms with van der Waals surface area (Å²) in [7, 11) is 1.40. The molecule has 0 bridgehead atoms. The van der Waals surface area contributed by atoms with Crippen molar-refractivity contribution in [1.82, 2.24) is 19.4 Å². The summed E-state index contributed by atoms with van der Waals surface area (Å²) in [6.45, 7) is 1.04. The molecule has 174 valence electrons. The number of aliphatic hydroxyl groups is 1. The quantitative estimate of drug-likeness (QED) is 0.417. The molecule has 1 N–H and O–H groups in total. The number of hydrogen-bond acceptors (Lipinski definition) is 4. The number of aromatic nitrogens is 4. The second-order valence-corrected chi connectivity index (χ2v) is 7.79. The Morgan fingerprint density at radius 1 is 1.06 bits per heavy atom. The van der Waals surface area contributed by atoms with Gasteiger partial charge in [0.05, 0.1) is 12.8 Å². The maximum absolute atomic E-state index is 15.2. The number of nitrogens with zero attached hydrogens (tertiary/aromatic N) is 4. The molecule has 0 aliphatic heterocycles. The van der Waals surface area contributed by atoms with Crippen molar-refractivity contribution < 1.29 is 27.4 Å². The van der Waals surface area contributed by atoms with E-state index >= 15 is 4.39 Å². The van der Waals surface area contributed by atoms with E-state index in [1.807, 2.05) is 22.7 Å². The first-order valence-corrected chi connectivity index (χ1v) is 10.2. The monoisotopic (exact) mass is 462 g/mol. The van der Waals surface area contributed by atoms with E-state index in [2.05, 4.69) is 10.3 Å². The first-order chi connectivity index (χ1) is 15.7. The third-order valence-electron chi connectivity index (χ3n) is 5.97. The summed E-state index contributed by atoms with van der Waals surface area (Å²) in [6.07, 6.45) is -1.05. The van der Waals surface area contributed by atoms with Gasteiger partial charge >= 0.3 is 6.18 Å². The lowest BCUT2D eigenvalue weighted by Gasteiger charge is -2.35. The van der Waals surface area contributed by atoms with Gasteiger partial charge in [-0.05, 0) is 42.3 Å². The van der Waals surface area contributed by atoms with Crippen molar-refractivity contribution in [3.05, 3.63) is 89.8 Å². The van der Waals surface area contributed by atoms with Crippen molar-refractivity contribution in [2.24, 2.45) is 0 Å². The van der Waals surface area contributed by atoms with Gasteiger partial charge in [-0.2, -0.15) is 13.2 Å². The van der Waals surface area contributed by atoms with Crippen LogP contribution in [0, 0.1) is 5.82 Å². The average Bonchev–Trinajstić information content (AvgIpc) is 3.46. The lowest BCUT2D eigenvalue weighted by Crippen LogP contribution is -2.43. The molecule has 3 aromatic heterocycles. The fraction of sp³-hybridized carbons (Fsp3) is 0.304. The standard InChI is InChI=1S/C23H22F4N4O2/c1-3-22(32,23(25,26)27)20-14-31(29-28-20)21(15-33-2,18-8-4-5-9-19(18)24)16-10-12-30-11-6-7-17(30)13-16/h4-14,32H,3,15H2,1-2H3. The maximum Gasteiger partial charge on any atom is 0.423 e. The van der Waals surface area contributed by atoms with Gasteiger partial charge in [0.15, 0.2) is 0 Å². The van der Waals surface area contributed by atoms with Gasteiger partial charge in [0.2, 0.25) is 5.60 Å². The van der Waals surface area contributed by atoms with E-state index in [1.54, 1.807) is 24.4 Å². The SMILES string of the molecule is CCC(O)(c1cn(C(COC)(c2ccn3cccc3c2)c2ccccc2F)nn1)C(F)(F)F. The summed E-state index contributed by atoms with van der Waals surface area (Å²) in [5, 5.41) is 18.0. The molecule has 0 radical (unpaired) electrons. The molecule has 4 aromatic rings. The van der Waals surface area contributed by atoms with Gasteiger partial charge in [0.25, 0.3) is 0 Å². The third kappa shape index (κ3) is 3.59. The highest BCUT2D eigenvalue weighted by molar-refractivity contribution is 5.53. The first-order valence-electron chi connectivity index (χ1n) is 10.2. The zero-order valence-corrected chi connectivity index (χ0v) is 17.9. The van der Waals surface area contributed by atoms with E-state index in [4.69, 9.17) is 4.74 Å². The molecule has 0 aliphatic carbocycles. The summed E-state index contributed by atoms with van der Waals surface area (Å²) < 4.78 is 64.6. The van der Waals surface area contributed by atoms with Crippen LogP contribution < -0.4 is 0 Å². The summed E-state index contributed by atoms with van der Waals surface area (Å²) in [4.78, 5) is 0. The zero-order valence-electron chi connectivity index (χ0n) is 17.9. The van der Waals surface area contributed by atoms with Crippen molar-refractivity contribution in [3.8, 4) is 0 Å². The number of hydrogen-bond donors (Lipinski definition) is 1. The third-order valence-corrected chi connectivity index (χ3v) is 5.97. The van der Waals surface area contributed by atoms with Crippen molar-refractivity contribution in [2.75, 3.05) is 13.7 Å². The normalized spacial score (nSPS) is 16.0. The van der Waals surface area contributed by atoms with E-state index < -0.39 is 35.2 Å². The fourth-order valence-electron chi connectivity index (χ4n) is 4.10. The van der Waals surface area contributed by atoms with Crippen LogP contribution in [-0.4, -0.2) is 44.4 Å². The molecule has 4 rings (SSSR count). The molecule has 2 atom stereocenters. The maximum atomic E-state index is 15.2. The summed E-state index contributed by atoms with van der Waals surface area (Å²) in [5.74, 6) is -0.594. The molecule has 33 heavy (non-hydrogen) atoms. The summed E-state index contributed by atoms with van der Waals surface area (Å²) in [6, 6.07) is 13.1. The molecule has 0 saturated heterocycles. The van der Waals surface area contributed by atoms with Crippen molar-refractivity contribution in [1.29, 1.82) is 0 Å². The molecule has 0 fully saturated rings. The van der Waals surface area contributed by atoms with Crippen molar-refractivity contribution >= 4 is 5.52 Å². The number of ether oxygens (including phenoxy) is 1. The molecule has 6 nitrogen and oxygen atoms in total. The predicted octanol–water partition coefficient (Wildman–Crippen LogP) is 4.27. The Balaban J connectivity index is 2.01. The molecule has 1 aromatic carbocycles.